The number of hydrogen-bond donors (Lipinski definition) is 1. The third kappa shape index (κ3) is 5.24. The van der Waals surface area contributed by atoms with Gasteiger partial charge in [0, 0.05) is 12.1 Å². The molecule has 0 spiro atoms. The summed E-state index contributed by atoms with van der Waals surface area (Å²) in [7, 11) is 1.69. The summed E-state index contributed by atoms with van der Waals surface area (Å²) in [4.78, 5) is 2.44. The topological polar surface area (TPSA) is 38.5 Å². The van der Waals surface area contributed by atoms with Gasteiger partial charge < -0.3 is 10.5 Å². The quantitative estimate of drug-likeness (QED) is 0.777. The molecule has 0 saturated heterocycles. The first kappa shape index (κ1) is 16.6. The lowest BCUT2D eigenvalue weighted by atomic mass is 10.1. The maximum absolute atomic E-state index is 5.47. The van der Waals surface area contributed by atoms with Crippen LogP contribution >= 0.6 is 0 Å². The molecule has 3 heteroatoms. The van der Waals surface area contributed by atoms with E-state index in [0.29, 0.717) is 6.54 Å². The summed E-state index contributed by atoms with van der Waals surface area (Å²) in [5.74, 6) is 6.97. The van der Waals surface area contributed by atoms with Crippen molar-refractivity contribution in [3.63, 3.8) is 0 Å². The van der Waals surface area contributed by atoms with Gasteiger partial charge in [-0.05, 0) is 43.3 Å². The van der Waals surface area contributed by atoms with Gasteiger partial charge in [-0.3, -0.25) is 4.90 Å². The average molecular weight is 274 g/mol. The number of nitrogens with zero attached hydrogens (tertiary/aromatic N) is 1. The van der Waals surface area contributed by atoms with E-state index < -0.39 is 0 Å². The van der Waals surface area contributed by atoms with Gasteiger partial charge in [-0.25, -0.2) is 0 Å². The Hall–Kier alpha value is -1.50. The van der Waals surface area contributed by atoms with Gasteiger partial charge in [0.05, 0.1) is 13.7 Å². The highest BCUT2D eigenvalue weighted by Crippen LogP contribution is 2.19. The van der Waals surface area contributed by atoms with Crippen molar-refractivity contribution in [2.45, 2.75) is 33.2 Å². The Morgan fingerprint density at radius 3 is 2.70 bits per heavy atom. The zero-order valence-electron chi connectivity index (χ0n) is 12.9. The minimum atomic E-state index is 0.388. The van der Waals surface area contributed by atoms with Crippen molar-refractivity contribution in [1.29, 1.82) is 0 Å². The molecule has 3 nitrogen and oxygen atoms in total. The highest BCUT2D eigenvalue weighted by molar-refractivity contribution is 5.45. The highest BCUT2D eigenvalue weighted by atomic mass is 16.5. The van der Waals surface area contributed by atoms with E-state index in [0.717, 1.165) is 30.9 Å². The first-order valence-corrected chi connectivity index (χ1v) is 7.33. The second kappa shape index (κ2) is 9.41. The molecule has 0 aliphatic heterocycles. The van der Waals surface area contributed by atoms with Crippen LogP contribution in [0.15, 0.2) is 18.2 Å². The van der Waals surface area contributed by atoms with Crippen LogP contribution in [0.1, 0.15) is 37.8 Å². The minimum Gasteiger partial charge on any atom is -0.497 e. The number of rotatable bonds is 7. The molecule has 0 fully saturated rings. The largest absolute Gasteiger partial charge is 0.497 e. The Kier molecular flexibility index (Phi) is 7.79. The van der Waals surface area contributed by atoms with Crippen molar-refractivity contribution in [2.24, 2.45) is 5.73 Å². The maximum Gasteiger partial charge on any atom is 0.119 e. The van der Waals surface area contributed by atoms with Crippen LogP contribution < -0.4 is 10.5 Å². The molecule has 0 aromatic heterocycles. The molecule has 0 saturated carbocycles. The fourth-order valence-electron chi connectivity index (χ4n) is 2.07. The molecule has 1 aromatic rings. The van der Waals surface area contributed by atoms with Crippen molar-refractivity contribution in [2.75, 3.05) is 26.7 Å². The molecule has 0 unspecified atom stereocenters. The lowest BCUT2D eigenvalue weighted by Gasteiger charge is -2.21. The first-order chi connectivity index (χ1) is 9.74. The van der Waals surface area contributed by atoms with Crippen LogP contribution in [-0.2, 0) is 6.54 Å². The Bertz CT molecular complexity index is 460. The SMILES string of the molecule is CCCCN(CC)Cc1cc(OC)ccc1C#CCN. The third-order valence-corrected chi connectivity index (χ3v) is 3.31. The van der Waals surface area contributed by atoms with Gasteiger partial charge >= 0.3 is 0 Å². The first-order valence-electron chi connectivity index (χ1n) is 7.33. The van der Waals surface area contributed by atoms with E-state index in [1.165, 1.54) is 18.4 Å². The van der Waals surface area contributed by atoms with Crippen LogP contribution in [0.2, 0.25) is 0 Å². The van der Waals surface area contributed by atoms with Gasteiger partial charge in [-0.15, -0.1) is 0 Å². The van der Waals surface area contributed by atoms with Crippen LogP contribution in [0.25, 0.3) is 0 Å². The van der Waals surface area contributed by atoms with E-state index >= 15 is 0 Å². The molecule has 2 N–H and O–H groups in total. The summed E-state index contributed by atoms with van der Waals surface area (Å²) >= 11 is 0. The molecule has 20 heavy (non-hydrogen) atoms. The minimum absolute atomic E-state index is 0.388. The molecule has 1 rings (SSSR count). The molecule has 0 amide bonds. The Balaban J connectivity index is 2.93. The van der Waals surface area contributed by atoms with Crippen LogP contribution in [0.3, 0.4) is 0 Å². The van der Waals surface area contributed by atoms with Crippen LogP contribution in [-0.4, -0.2) is 31.6 Å². The lowest BCUT2D eigenvalue weighted by molar-refractivity contribution is 0.274. The predicted molar refractivity (Wildman–Crippen MR) is 84.8 cm³/mol. The second-order valence-corrected chi connectivity index (χ2v) is 4.75. The molecule has 110 valence electrons. The van der Waals surface area contributed by atoms with Gasteiger partial charge in [-0.2, -0.15) is 0 Å². The standard InChI is InChI=1S/C17H26N2O/c1-4-6-12-19(5-2)14-16-13-17(20-3)10-9-15(16)8-7-11-18/h9-10,13H,4-6,11-12,14,18H2,1-3H3. The van der Waals surface area contributed by atoms with Gasteiger partial charge in [0.25, 0.3) is 0 Å². The molecule has 0 radical (unpaired) electrons. The van der Waals surface area contributed by atoms with Crippen molar-refractivity contribution in [1.82, 2.24) is 4.90 Å². The highest BCUT2D eigenvalue weighted by Gasteiger charge is 2.08. The fourth-order valence-corrected chi connectivity index (χ4v) is 2.07. The smallest absolute Gasteiger partial charge is 0.119 e. The number of methoxy groups -OCH3 is 1. The van der Waals surface area contributed by atoms with Crippen LogP contribution in [0.4, 0.5) is 0 Å². The van der Waals surface area contributed by atoms with Gasteiger partial charge in [0.15, 0.2) is 0 Å². The van der Waals surface area contributed by atoms with Gasteiger partial charge in [0.2, 0.25) is 0 Å². The second-order valence-electron chi connectivity index (χ2n) is 4.75. The van der Waals surface area contributed by atoms with E-state index in [-0.39, 0.29) is 0 Å². The van der Waals surface area contributed by atoms with E-state index in [1.54, 1.807) is 7.11 Å². The molecule has 0 aliphatic rings. The summed E-state index contributed by atoms with van der Waals surface area (Å²) in [6, 6.07) is 6.05. The summed E-state index contributed by atoms with van der Waals surface area (Å²) in [6.45, 7) is 7.87. The molecule has 0 atom stereocenters. The van der Waals surface area contributed by atoms with E-state index in [4.69, 9.17) is 10.5 Å². The zero-order valence-corrected chi connectivity index (χ0v) is 12.9. The molecule has 1 aromatic carbocycles. The maximum atomic E-state index is 5.47. The molecule has 0 bridgehead atoms. The Morgan fingerprint density at radius 2 is 2.10 bits per heavy atom. The van der Waals surface area contributed by atoms with Gasteiger partial charge in [0.1, 0.15) is 5.75 Å². The van der Waals surface area contributed by atoms with Crippen molar-refractivity contribution in [3.05, 3.63) is 29.3 Å². The van der Waals surface area contributed by atoms with E-state index in [1.807, 2.05) is 12.1 Å². The van der Waals surface area contributed by atoms with Crippen molar-refractivity contribution in [3.8, 4) is 17.6 Å². The number of ether oxygens (including phenoxy) is 1. The fraction of sp³-hybridized carbons (Fsp3) is 0.529. The number of benzene rings is 1. The Morgan fingerprint density at radius 1 is 1.30 bits per heavy atom. The normalized spacial score (nSPS) is 10.2. The van der Waals surface area contributed by atoms with Gasteiger partial charge in [-0.1, -0.05) is 32.1 Å². The average Bonchev–Trinajstić information content (AvgIpc) is 2.49. The summed E-state index contributed by atoms with van der Waals surface area (Å²) in [5, 5.41) is 0. The zero-order chi connectivity index (χ0) is 14.8. The lowest BCUT2D eigenvalue weighted by Crippen LogP contribution is -2.24. The number of hydrogen-bond acceptors (Lipinski definition) is 3. The van der Waals surface area contributed by atoms with Crippen molar-refractivity contribution < 1.29 is 4.74 Å². The summed E-state index contributed by atoms with van der Waals surface area (Å²) in [6.07, 6.45) is 2.44. The van der Waals surface area contributed by atoms with Crippen molar-refractivity contribution >= 4 is 0 Å². The molecular weight excluding hydrogens is 248 g/mol. The van der Waals surface area contributed by atoms with E-state index in [2.05, 4.69) is 36.7 Å². The summed E-state index contributed by atoms with van der Waals surface area (Å²) < 4.78 is 5.32. The third-order valence-electron chi connectivity index (χ3n) is 3.31. The monoisotopic (exact) mass is 274 g/mol. The molecular formula is C17H26N2O. The predicted octanol–water partition coefficient (Wildman–Crippen LogP) is 2.63. The molecule has 0 aliphatic carbocycles. The summed E-state index contributed by atoms with van der Waals surface area (Å²) in [5.41, 5.74) is 7.73. The van der Waals surface area contributed by atoms with Crippen LogP contribution in [0, 0.1) is 11.8 Å². The number of unbranched alkanes of at least 4 members (excludes halogenated alkanes) is 1. The van der Waals surface area contributed by atoms with Crippen LogP contribution in [0.5, 0.6) is 5.75 Å². The Labute approximate surface area is 123 Å². The number of nitrogens with two attached hydrogens (primary N) is 1. The van der Waals surface area contributed by atoms with E-state index in [9.17, 15) is 0 Å². The molecule has 0 heterocycles.